The van der Waals surface area contributed by atoms with Crippen LogP contribution in [0.2, 0.25) is 5.02 Å². The molecule has 2 heterocycles. The molecule has 0 spiro atoms. The highest BCUT2D eigenvalue weighted by atomic mass is 35.5. The Morgan fingerprint density at radius 1 is 1.00 bits per heavy atom. The average molecular weight is 324 g/mol. The number of hydrogen-bond donors (Lipinski definition) is 0. The normalized spacial score (nSPS) is 11.0. The van der Waals surface area contributed by atoms with Crippen LogP contribution in [-0.4, -0.2) is 11.3 Å². The number of carbonyl (C=O) groups excluding carboxylic acids is 1. The second-order valence-electron chi connectivity index (χ2n) is 5.00. The summed E-state index contributed by atoms with van der Waals surface area (Å²) in [6.45, 7) is 0. The van der Waals surface area contributed by atoms with Crippen LogP contribution in [0.25, 0.3) is 33.9 Å². The minimum atomic E-state index is 0.287. The standard InChI is InChI=1S/C18H10ClNO3/c19-14-4-2-1-3-13(14)18-20-15-7-5-11(9-17(15)23-18)16-8-6-12(10-21)22-16/h1-10H. The molecule has 2 aromatic carbocycles. The number of rotatable bonds is 3. The third kappa shape index (κ3) is 2.43. The van der Waals surface area contributed by atoms with Gasteiger partial charge < -0.3 is 8.83 Å². The van der Waals surface area contributed by atoms with Crippen LogP contribution in [0.4, 0.5) is 0 Å². The third-order valence-corrected chi connectivity index (χ3v) is 3.85. The van der Waals surface area contributed by atoms with Gasteiger partial charge in [0.15, 0.2) is 17.6 Å². The van der Waals surface area contributed by atoms with E-state index < -0.39 is 0 Å². The summed E-state index contributed by atoms with van der Waals surface area (Å²) in [7, 11) is 0. The fourth-order valence-corrected chi connectivity index (χ4v) is 2.62. The van der Waals surface area contributed by atoms with Gasteiger partial charge in [0.1, 0.15) is 11.3 Å². The van der Waals surface area contributed by atoms with Crippen LogP contribution in [0.15, 0.2) is 63.4 Å². The Hall–Kier alpha value is -2.85. The molecule has 0 saturated carbocycles. The second-order valence-corrected chi connectivity index (χ2v) is 5.41. The van der Waals surface area contributed by atoms with Gasteiger partial charge >= 0.3 is 0 Å². The number of carbonyl (C=O) groups is 1. The summed E-state index contributed by atoms with van der Waals surface area (Å²) in [5.74, 6) is 1.36. The fourth-order valence-electron chi connectivity index (χ4n) is 2.40. The molecule has 0 unspecified atom stereocenters. The lowest BCUT2D eigenvalue weighted by Gasteiger charge is -1.97. The molecule has 23 heavy (non-hydrogen) atoms. The molecule has 0 radical (unpaired) electrons. The number of oxazole rings is 1. The molecular formula is C18H10ClNO3. The quantitative estimate of drug-likeness (QED) is 0.485. The Morgan fingerprint density at radius 2 is 1.87 bits per heavy atom. The molecular weight excluding hydrogens is 314 g/mol. The van der Waals surface area contributed by atoms with Crippen molar-refractivity contribution in [2.24, 2.45) is 0 Å². The average Bonchev–Trinajstić information content (AvgIpc) is 3.21. The minimum absolute atomic E-state index is 0.287. The van der Waals surface area contributed by atoms with E-state index in [0.717, 1.165) is 16.6 Å². The van der Waals surface area contributed by atoms with Crippen LogP contribution in [0.3, 0.4) is 0 Å². The molecule has 112 valence electrons. The predicted octanol–water partition coefficient (Wildman–Crippen LogP) is 5.22. The number of nitrogens with zero attached hydrogens (tertiary/aromatic N) is 1. The van der Waals surface area contributed by atoms with Crippen molar-refractivity contribution in [1.29, 1.82) is 0 Å². The Kier molecular flexibility index (Phi) is 3.24. The summed E-state index contributed by atoms with van der Waals surface area (Å²) < 4.78 is 11.3. The Balaban J connectivity index is 1.81. The van der Waals surface area contributed by atoms with Crippen LogP contribution >= 0.6 is 11.6 Å². The predicted molar refractivity (Wildman–Crippen MR) is 87.5 cm³/mol. The molecule has 0 aliphatic heterocycles. The maximum absolute atomic E-state index is 10.7. The van der Waals surface area contributed by atoms with Crippen LogP contribution in [0, 0.1) is 0 Å². The zero-order valence-corrected chi connectivity index (χ0v) is 12.6. The lowest BCUT2D eigenvalue weighted by molar-refractivity contribution is 0.110. The maximum atomic E-state index is 10.7. The van der Waals surface area contributed by atoms with Gasteiger partial charge in [-0.1, -0.05) is 23.7 Å². The summed E-state index contributed by atoms with van der Waals surface area (Å²) >= 11 is 6.18. The van der Waals surface area contributed by atoms with Crippen LogP contribution in [0.1, 0.15) is 10.6 Å². The van der Waals surface area contributed by atoms with Gasteiger partial charge in [0.2, 0.25) is 5.89 Å². The van der Waals surface area contributed by atoms with E-state index in [0.29, 0.717) is 28.5 Å². The van der Waals surface area contributed by atoms with E-state index in [-0.39, 0.29) is 5.76 Å². The summed E-state index contributed by atoms with van der Waals surface area (Å²) in [5, 5.41) is 0.584. The lowest BCUT2D eigenvalue weighted by atomic mass is 10.1. The van der Waals surface area contributed by atoms with E-state index in [4.69, 9.17) is 20.4 Å². The van der Waals surface area contributed by atoms with E-state index in [1.54, 1.807) is 18.2 Å². The van der Waals surface area contributed by atoms with Gasteiger partial charge in [-0.25, -0.2) is 4.98 Å². The van der Waals surface area contributed by atoms with Crippen molar-refractivity contribution in [3.8, 4) is 22.8 Å². The molecule has 0 aliphatic carbocycles. The minimum Gasteiger partial charge on any atom is -0.453 e. The molecule has 4 nitrogen and oxygen atoms in total. The Labute approximate surface area is 136 Å². The SMILES string of the molecule is O=Cc1ccc(-c2ccc3nc(-c4ccccc4Cl)oc3c2)o1. The molecule has 0 N–H and O–H groups in total. The molecule has 0 bridgehead atoms. The first-order chi connectivity index (χ1) is 11.2. The van der Waals surface area contributed by atoms with Crippen LogP contribution in [0.5, 0.6) is 0 Å². The van der Waals surface area contributed by atoms with Gasteiger partial charge in [0.25, 0.3) is 0 Å². The first kappa shape index (κ1) is 13.8. The molecule has 0 fully saturated rings. The zero-order chi connectivity index (χ0) is 15.8. The summed E-state index contributed by atoms with van der Waals surface area (Å²) in [6, 6.07) is 16.3. The highest BCUT2D eigenvalue weighted by Crippen LogP contribution is 2.32. The molecule has 5 heteroatoms. The van der Waals surface area contributed by atoms with Gasteiger partial charge in [0.05, 0.1) is 10.6 Å². The van der Waals surface area contributed by atoms with Crippen LogP contribution in [-0.2, 0) is 0 Å². The van der Waals surface area contributed by atoms with Crippen LogP contribution < -0.4 is 0 Å². The summed E-state index contributed by atoms with van der Waals surface area (Å²) in [6.07, 6.45) is 0.673. The topological polar surface area (TPSA) is 56.2 Å². The fraction of sp³-hybridized carbons (Fsp3) is 0. The van der Waals surface area contributed by atoms with Crippen molar-refractivity contribution < 1.29 is 13.6 Å². The number of halogens is 1. The largest absolute Gasteiger partial charge is 0.453 e. The molecule has 2 aromatic heterocycles. The van der Waals surface area contributed by atoms with Gasteiger partial charge in [-0.15, -0.1) is 0 Å². The Morgan fingerprint density at radius 3 is 2.65 bits per heavy atom. The molecule has 4 aromatic rings. The van der Waals surface area contributed by atoms with E-state index in [1.807, 2.05) is 36.4 Å². The summed E-state index contributed by atoms with van der Waals surface area (Å²) in [5.41, 5.74) is 2.91. The van der Waals surface area contributed by atoms with Crippen molar-refractivity contribution in [1.82, 2.24) is 4.98 Å². The number of furan rings is 1. The van der Waals surface area contributed by atoms with Gasteiger partial charge in [-0.2, -0.15) is 0 Å². The van der Waals surface area contributed by atoms with Crippen molar-refractivity contribution in [2.45, 2.75) is 0 Å². The third-order valence-electron chi connectivity index (χ3n) is 3.52. The van der Waals surface area contributed by atoms with Crippen molar-refractivity contribution in [2.75, 3.05) is 0 Å². The van der Waals surface area contributed by atoms with E-state index >= 15 is 0 Å². The smallest absolute Gasteiger partial charge is 0.228 e. The van der Waals surface area contributed by atoms with Gasteiger partial charge in [-0.05, 0) is 42.5 Å². The van der Waals surface area contributed by atoms with Gasteiger partial charge in [-0.3, -0.25) is 4.79 Å². The monoisotopic (exact) mass is 323 g/mol. The highest BCUT2D eigenvalue weighted by molar-refractivity contribution is 6.33. The number of fused-ring (bicyclic) bond motifs is 1. The van der Waals surface area contributed by atoms with Crippen molar-refractivity contribution >= 4 is 29.0 Å². The molecule has 4 rings (SSSR count). The molecule has 0 saturated heterocycles. The van der Waals surface area contributed by atoms with E-state index in [9.17, 15) is 4.79 Å². The van der Waals surface area contributed by atoms with Gasteiger partial charge in [0, 0.05) is 5.56 Å². The number of aromatic nitrogens is 1. The molecule has 0 amide bonds. The van der Waals surface area contributed by atoms with E-state index in [1.165, 1.54) is 0 Å². The number of aldehydes is 1. The number of hydrogen-bond acceptors (Lipinski definition) is 4. The summed E-state index contributed by atoms with van der Waals surface area (Å²) in [4.78, 5) is 15.2. The first-order valence-corrected chi connectivity index (χ1v) is 7.33. The van der Waals surface area contributed by atoms with Crippen molar-refractivity contribution in [3.63, 3.8) is 0 Å². The first-order valence-electron chi connectivity index (χ1n) is 6.95. The zero-order valence-electron chi connectivity index (χ0n) is 11.8. The maximum Gasteiger partial charge on any atom is 0.228 e. The lowest BCUT2D eigenvalue weighted by Crippen LogP contribution is -1.77. The highest BCUT2D eigenvalue weighted by Gasteiger charge is 2.13. The van der Waals surface area contributed by atoms with Crippen molar-refractivity contribution in [3.05, 3.63) is 65.4 Å². The number of benzene rings is 2. The molecule has 0 aliphatic rings. The van der Waals surface area contributed by atoms with E-state index in [2.05, 4.69) is 4.98 Å². The Bertz CT molecular complexity index is 1020. The second kappa shape index (κ2) is 5.41. The molecule has 0 atom stereocenters.